The lowest BCUT2D eigenvalue weighted by atomic mass is 10.2. The summed E-state index contributed by atoms with van der Waals surface area (Å²) in [6.45, 7) is 6.50. The largest absolute Gasteiger partial charge is 0.423 e. The van der Waals surface area contributed by atoms with E-state index in [0.717, 1.165) is 18.8 Å². The minimum absolute atomic E-state index is 0.275. The van der Waals surface area contributed by atoms with Gasteiger partial charge in [-0.15, -0.1) is 10.2 Å². The number of nitrogens with zero attached hydrogens (tertiary/aromatic N) is 4. The lowest BCUT2D eigenvalue weighted by molar-refractivity contribution is 0.0929. The van der Waals surface area contributed by atoms with Gasteiger partial charge in [-0.1, -0.05) is 0 Å². The first-order valence-electron chi connectivity index (χ1n) is 7.53. The van der Waals surface area contributed by atoms with Gasteiger partial charge in [-0.25, -0.2) is 0 Å². The molecule has 3 rings (SSSR count). The standard InChI is InChI=1S/C15H19N5O3/c1-10(15-19-18-11(2)23-15)17-14(21)13-9-12(3-4-16-13)20-5-7-22-8-6-20/h3-4,9-10H,5-8H2,1-2H3,(H,17,21). The van der Waals surface area contributed by atoms with E-state index in [0.29, 0.717) is 30.7 Å². The van der Waals surface area contributed by atoms with Gasteiger partial charge in [0.25, 0.3) is 5.91 Å². The number of hydrogen-bond donors (Lipinski definition) is 1. The van der Waals surface area contributed by atoms with Crippen molar-refractivity contribution in [2.75, 3.05) is 31.2 Å². The van der Waals surface area contributed by atoms with Crippen molar-refractivity contribution in [3.05, 3.63) is 35.8 Å². The molecule has 0 bridgehead atoms. The second kappa shape index (κ2) is 6.74. The van der Waals surface area contributed by atoms with Gasteiger partial charge in [-0.05, 0) is 19.1 Å². The third kappa shape index (κ3) is 3.65. The molecule has 1 saturated heterocycles. The van der Waals surface area contributed by atoms with Crippen LogP contribution in [0, 0.1) is 6.92 Å². The Bertz CT molecular complexity index is 681. The molecule has 0 spiro atoms. The average Bonchev–Trinajstić information content (AvgIpc) is 3.02. The van der Waals surface area contributed by atoms with Gasteiger partial charge in [0, 0.05) is 31.9 Å². The third-order valence-electron chi connectivity index (χ3n) is 3.61. The maximum atomic E-state index is 12.4. The highest BCUT2D eigenvalue weighted by Crippen LogP contribution is 2.17. The van der Waals surface area contributed by atoms with E-state index in [4.69, 9.17) is 9.15 Å². The van der Waals surface area contributed by atoms with Gasteiger partial charge in [-0.3, -0.25) is 9.78 Å². The van der Waals surface area contributed by atoms with Crippen molar-refractivity contribution in [3.8, 4) is 0 Å². The van der Waals surface area contributed by atoms with Crippen LogP contribution in [0.5, 0.6) is 0 Å². The molecule has 2 aromatic heterocycles. The lowest BCUT2D eigenvalue weighted by Crippen LogP contribution is -2.36. The van der Waals surface area contributed by atoms with E-state index >= 15 is 0 Å². The van der Waals surface area contributed by atoms with E-state index in [1.54, 1.807) is 26.1 Å². The second-order valence-corrected chi connectivity index (χ2v) is 5.35. The molecular weight excluding hydrogens is 298 g/mol. The lowest BCUT2D eigenvalue weighted by Gasteiger charge is -2.28. The number of hydrogen-bond acceptors (Lipinski definition) is 7. The van der Waals surface area contributed by atoms with E-state index in [1.165, 1.54) is 0 Å². The maximum absolute atomic E-state index is 12.4. The minimum Gasteiger partial charge on any atom is -0.423 e. The Hall–Kier alpha value is -2.48. The summed E-state index contributed by atoms with van der Waals surface area (Å²) in [6.07, 6.45) is 1.64. The molecule has 3 heterocycles. The first-order valence-corrected chi connectivity index (χ1v) is 7.53. The molecule has 1 N–H and O–H groups in total. The Balaban J connectivity index is 1.69. The average molecular weight is 317 g/mol. The molecule has 0 radical (unpaired) electrons. The van der Waals surface area contributed by atoms with Crippen molar-refractivity contribution in [1.82, 2.24) is 20.5 Å². The highest BCUT2D eigenvalue weighted by molar-refractivity contribution is 5.93. The zero-order valence-electron chi connectivity index (χ0n) is 13.2. The van der Waals surface area contributed by atoms with E-state index in [-0.39, 0.29) is 11.9 Å². The van der Waals surface area contributed by atoms with E-state index in [9.17, 15) is 4.79 Å². The predicted molar refractivity (Wildman–Crippen MR) is 82.2 cm³/mol. The summed E-state index contributed by atoms with van der Waals surface area (Å²) in [7, 11) is 0. The zero-order chi connectivity index (χ0) is 16.2. The molecule has 0 aliphatic carbocycles. The van der Waals surface area contributed by atoms with Crippen LogP contribution in [-0.2, 0) is 4.74 Å². The van der Waals surface area contributed by atoms with Crippen LogP contribution in [0.25, 0.3) is 0 Å². The van der Waals surface area contributed by atoms with Crippen molar-refractivity contribution in [2.45, 2.75) is 19.9 Å². The highest BCUT2D eigenvalue weighted by atomic mass is 16.5. The van der Waals surface area contributed by atoms with E-state index in [1.807, 2.05) is 6.07 Å². The van der Waals surface area contributed by atoms with Crippen molar-refractivity contribution >= 4 is 11.6 Å². The van der Waals surface area contributed by atoms with Crippen molar-refractivity contribution in [2.24, 2.45) is 0 Å². The first kappa shape index (κ1) is 15.4. The molecule has 1 amide bonds. The smallest absolute Gasteiger partial charge is 0.270 e. The number of carbonyl (C=O) groups is 1. The number of nitrogens with one attached hydrogen (secondary N) is 1. The Morgan fingerprint density at radius 3 is 2.83 bits per heavy atom. The summed E-state index contributed by atoms with van der Waals surface area (Å²) in [5.74, 6) is 0.567. The number of amides is 1. The number of ether oxygens (including phenoxy) is 1. The molecule has 1 fully saturated rings. The van der Waals surface area contributed by atoms with Gasteiger partial charge in [0.05, 0.1) is 13.2 Å². The van der Waals surface area contributed by atoms with Gasteiger partial charge >= 0.3 is 0 Å². The molecule has 1 unspecified atom stereocenters. The monoisotopic (exact) mass is 317 g/mol. The van der Waals surface area contributed by atoms with Crippen LogP contribution in [0.15, 0.2) is 22.7 Å². The summed E-state index contributed by atoms with van der Waals surface area (Å²) < 4.78 is 10.7. The van der Waals surface area contributed by atoms with Crippen LogP contribution in [0.4, 0.5) is 5.69 Å². The number of carbonyl (C=O) groups excluding carboxylic acids is 1. The molecule has 0 aromatic carbocycles. The second-order valence-electron chi connectivity index (χ2n) is 5.35. The Morgan fingerprint density at radius 2 is 2.13 bits per heavy atom. The summed E-state index contributed by atoms with van der Waals surface area (Å²) in [6, 6.07) is 3.30. The number of morpholine rings is 1. The molecular formula is C15H19N5O3. The summed E-state index contributed by atoms with van der Waals surface area (Å²) in [4.78, 5) is 18.7. The minimum atomic E-state index is -0.377. The number of anilines is 1. The number of aromatic nitrogens is 3. The Kier molecular flexibility index (Phi) is 4.52. The van der Waals surface area contributed by atoms with Gasteiger partial charge in [-0.2, -0.15) is 0 Å². The van der Waals surface area contributed by atoms with Crippen LogP contribution < -0.4 is 10.2 Å². The number of aryl methyl sites for hydroxylation is 1. The van der Waals surface area contributed by atoms with Crippen LogP contribution in [0.2, 0.25) is 0 Å². The van der Waals surface area contributed by atoms with Crippen LogP contribution >= 0.6 is 0 Å². The van der Waals surface area contributed by atoms with Crippen LogP contribution in [0.1, 0.15) is 35.2 Å². The normalized spacial score (nSPS) is 16.2. The Labute approximate surface area is 133 Å². The summed E-state index contributed by atoms with van der Waals surface area (Å²) >= 11 is 0. The third-order valence-corrected chi connectivity index (χ3v) is 3.61. The fourth-order valence-electron chi connectivity index (χ4n) is 2.38. The fourth-order valence-corrected chi connectivity index (χ4v) is 2.38. The van der Waals surface area contributed by atoms with Crippen LogP contribution in [0.3, 0.4) is 0 Å². The highest BCUT2D eigenvalue weighted by Gasteiger charge is 2.18. The molecule has 122 valence electrons. The SMILES string of the molecule is Cc1nnc(C(C)NC(=O)c2cc(N3CCOCC3)ccn2)o1. The number of rotatable bonds is 4. The summed E-state index contributed by atoms with van der Waals surface area (Å²) in [5.41, 5.74) is 1.33. The fraction of sp³-hybridized carbons (Fsp3) is 0.467. The Morgan fingerprint density at radius 1 is 1.35 bits per heavy atom. The van der Waals surface area contributed by atoms with Gasteiger partial charge in [0.2, 0.25) is 11.8 Å². The maximum Gasteiger partial charge on any atom is 0.270 e. The van der Waals surface area contributed by atoms with E-state index < -0.39 is 0 Å². The molecule has 1 aliphatic rings. The molecule has 1 atom stereocenters. The zero-order valence-corrected chi connectivity index (χ0v) is 13.2. The van der Waals surface area contributed by atoms with Crippen molar-refractivity contribution < 1.29 is 13.9 Å². The summed E-state index contributed by atoms with van der Waals surface area (Å²) in [5, 5.41) is 10.5. The molecule has 8 heteroatoms. The number of pyridine rings is 1. The van der Waals surface area contributed by atoms with E-state index in [2.05, 4.69) is 25.4 Å². The van der Waals surface area contributed by atoms with Crippen molar-refractivity contribution in [3.63, 3.8) is 0 Å². The topological polar surface area (TPSA) is 93.4 Å². The van der Waals surface area contributed by atoms with Gasteiger partial charge in [0.15, 0.2) is 0 Å². The van der Waals surface area contributed by atoms with Crippen LogP contribution in [-0.4, -0.2) is 47.4 Å². The van der Waals surface area contributed by atoms with Gasteiger partial charge in [0.1, 0.15) is 11.7 Å². The van der Waals surface area contributed by atoms with Crippen molar-refractivity contribution in [1.29, 1.82) is 0 Å². The first-order chi connectivity index (χ1) is 11.1. The molecule has 23 heavy (non-hydrogen) atoms. The molecule has 2 aromatic rings. The predicted octanol–water partition coefficient (Wildman–Crippen LogP) is 1.10. The van der Waals surface area contributed by atoms with Gasteiger partial charge < -0.3 is 19.4 Å². The molecule has 1 aliphatic heterocycles. The molecule has 8 nitrogen and oxygen atoms in total. The molecule has 0 saturated carbocycles. The quantitative estimate of drug-likeness (QED) is 0.902.